The first-order valence-electron chi connectivity index (χ1n) is 9.15. The number of benzene rings is 3. The maximum atomic E-state index is 12.9. The molecule has 0 unspecified atom stereocenters. The summed E-state index contributed by atoms with van der Waals surface area (Å²) in [6, 6.07) is 25.2. The van der Waals surface area contributed by atoms with Crippen LogP contribution in [0.15, 0.2) is 84.9 Å². The molecule has 1 aliphatic rings. The third-order valence-corrected chi connectivity index (χ3v) is 4.86. The number of hydrogen-bond acceptors (Lipinski definition) is 2. The highest BCUT2D eigenvalue weighted by Gasteiger charge is 2.31. The van der Waals surface area contributed by atoms with Gasteiger partial charge in [-0.3, -0.25) is 4.79 Å². The fourth-order valence-electron chi connectivity index (χ4n) is 3.47. The van der Waals surface area contributed by atoms with Crippen molar-refractivity contribution in [3.8, 4) is 5.75 Å². The number of aromatic hydroxyl groups is 1. The number of amides is 1. The summed E-state index contributed by atoms with van der Waals surface area (Å²) in [7, 11) is 0. The molecular formula is C24H21NO2. The molecule has 1 amide bonds. The molecule has 0 aliphatic carbocycles. The lowest BCUT2D eigenvalue weighted by Crippen LogP contribution is -2.22. The number of hydrogen-bond donors (Lipinski definition) is 1. The Labute approximate surface area is 159 Å². The Morgan fingerprint density at radius 1 is 0.778 bits per heavy atom. The summed E-state index contributed by atoms with van der Waals surface area (Å²) in [5, 5.41) is 9.50. The zero-order valence-corrected chi connectivity index (χ0v) is 15.0. The van der Waals surface area contributed by atoms with Gasteiger partial charge in [0.15, 0.2) is 0 Å². The van der Waals surface area contributed by atoms with E-state index in [0.29, 0.717) is 6.54 Å². The molecule has 0 fully saturated rings. The van der Waals surface area contributed by atoms with Crippen molar-refractivity contribution in [2.24, 2.45) is 0 Å². The van der Waals surface area contributed by atoms with E-state index in [4.69, 9.17) is 0 Å². The van der Waals surface area contributed by atoms with Crippen LogP contribution in [0.2, 0.25) is 0 Å². The smallest absolute Gasteiger partial charge is 0.259 e. The fourth-order valence-corrected chi connectivity index (χ4v) is 3.47. The Morgan fingerprint density at radius 2 is 1.44 bits per heavy atom. The van der Waals surface area contributed by atoms with Gasteiger partial charge in [-0.15, -0.1) is 0 Å². The molecule has 27 heavy (non-hydrogen) atoms. The quantitative estimate of drug-likeness (QED) is 0.698. The molecule has 0 radical (unpaired) electrons. The van der Waals surface area contributed by atoms with E-state index in [-0.39, 0.29) is 11.7 Å². The molecular weight excluding hydrogens is 334 g/mol. The van der Waals surface area contributed by atoms with Crippen molar-refractivity contribution in [2.45, 2.75) is 19.4 Å². The molecule has 0 bridgehead atoms. The standard InChI is InChI=1S/C24H21NO2/c26-20-15-13-19(14-16-20)17-25-23(12-6-9-18-7-2-1-3-8-18)21-10-4-5-11-22(21)24(25)27/h1-5,7-8,10-16,26H,6,9,17H2/b23-12+. The van der Waals surface area contributed by atoms with Gasteiger partial charge < -0.3 is 10.0 Å². The molecule has 0 aromatic heterocycles. The van der Waals surface area contributed by atoms with Gasteiger partial charge in [0.05, 0.1) is 6.54 Å². The molecule has 0 spiro atoms. The first kappa shape index (κ1) is 17.1. The van der Waals surface area contributed by atoms with Gasteiger partial charge in [0, 0.05) is 16.8 Å². The molecule has 1 heterocycles. The van der Waals surface area contributed by atoms with E-state index < -0.39 is 0 Å². The zero-order valence-electron chi connectivity index (χ0n) is 15.0. The predicted octanol–water partition coefficient (Wildman–Crippen LogP) is 5.02. The largest absolute Gasteiger partial charge is 0.508 e. The van der Waals surface area contributed by atoms with Crippen molar-refractivity contribution in [2.75, 3.05) is 0 Å². The van der Waals surface area contributed by atoms with Crippen LogP contribution in [0.1, 0.15) is 33.5 Å². The summed E-state index contributed by atoms with van der Waals surface area (Å²) in [5.74, 6) is 0.262. The van der Waals surface area contributed by atoms with Crippen molar-refractivity contribution in [1.29, 1.82) is 0 Å². The second kappa shape index (κ2) is 7.50. The van der Waals surface area contributed by atoms with E-state index in [0.717, 1.165) is 35.2 Å². The van der Waals surface area contributed by atoms with E-state index in [1.54, 1.807) is 12.1 Å². The summed E-state index contributed by atoms with van der Waals surface area (Å²) in [5.41, 5.74) is 5.00. The highest BCUT2D eigenvalue weighted by Crippen LogP contribution is 2.34. The van der Waals surface area contributed by atoms with E-state index in [2.05, 4.69) is 18.2 Å². The van der Waals surface area contributed by atoms with Crippen molar-refractivity contribution in [3.05, 3.63) is 107 Å². The fraction of sp³-hybridized carbons (Fsp3) is 0.125. The maximum Gasteiger partial charge on any atom is 0.259 e. The van der Waals surface area contributed by atoms with Gasteiger partial charge in [0.2, 0.25) is 0 Å². The van der Waals surface area contributed by atoms with Crippen LogP contribution in [-0.4, -0.2) is 15.9 Å². The summed E-state index contributed by atoms with van der Waals surface area (Å²) in [6.45, 7) is 0.491. The molecule has 3 heteroatoms. The van der Waals surface area contributed by atoms with Gasteiger partial charge >= 0.3 is 0 Å². The van der Waals surface area contributed by atoms with Crippen molar-refractivity contribution < 1.29 is 9.90 Å². The van der Waals surface area contributed by atoms with Crippen molar-refractivity contribution in [1.82, 2.24) is 4.90 Å². The molecule has 1 N–H and O–H groups in total. The van der Waals surface area contributed by atoms with Crippen LogP contribution < -0.4 is 0 Å². The van der Waals surface area contributed by atoms with Crippen LogP contribution in [0.25, 0.3) is 5.70 Å². The Morgan fingerprint density at radius 3 is 2.19 bits per heavy atom. The molecule has 0 atom stereocenters. The molecule has 3 nitrogen and oxygen atoms in total. The minimum atomic E-state index is 0.0321. The van der Waals surface area contributed by atoms with Gasteiger partial charge in [-0.25, -0.2) is 0 Å². The van der Waals surface area contributed by atoms with Crippen LogP contribution in [0, 0.1) is 0 Å². The van der Waals surface area contributed by atoms with E-state index >= 15 is 0 Å². The highest BCUT2D eigenvalue weighted by molar-refractivity contribution is 6.09. The summed E-state index contributed by atoms with van der Waals surface area (Å²) < 4.78 is 0. The Kier molecular flexibility index (Phi) is 4.75. The normalized spacial score (nSPS) is 14.6. The van der Waals surface area contributed by atoms with Crippen LogP contribution in [-0.2, 0) is 13.0 Å². The number of fused-ring (bicyclic) bond motifs is 1. The van der Waals surface area contributed by atoms with Crippen LogP contribution in [0.5, 0.6) is 5.75 Å². The molecule has 4 rings (SSSR count). The third kappa shape index (κ3) is 3.63. The molecule has 134 valence electrons. The number of rotatable bonds is 5. The van der Waals surface area contributed by atoms with Crippen LogP contribution in [0.4, 0.5) is 0 Å². The monoisotopic (exact) mass is 355 g/mol. The summed E-state index contributed by atoms with van der Waals surface area (Å²) in [6.07, 6.45) is 3.97. The molecule has 3 aromatic carbocycles. The van der Waals surface area contributed by atoms with Gasteiger partial charge in [-0.1, -0.05) is 66.7 Å². The lowest BCUT2D eigenvalue weighted by Gasteiger charge is -2.19. The maximum absolute atomic E-state index is 12.9. The van der Waals surface area contributed by atoms with Gasteiger partial charge in [0.1, 0.15) is 5.75 Å². The minimum absolute atomic E-state index is 0.0321. The minimum Gasteiger partial charge on any atom is -0.508 e. The number of carbonyl (C=O) groups is 1. The second-order valence-corrected chi connectivity index (χ2v) is 6.72. The van der Waals surface area contributed by atoms with Crippen molar-refractivity contribution in [3.63, 3.8) is 0 Å². The Bertz CT molecular complexity index is 975. The van der Waals surface area contributed by atoms with E-state index in [1.165, 1.54) is 5.56 Å². The molecule has 0 saturated heterocycles. The number of allylic oxidation sites excluding steroid dienone is 1. The topological polar surface area (TPSA) is 40.5 Å². The SMILES string of the molecule is O=C1c2ccccc2/C(=C\CCc2ccccc2)N1Cc1ccc(O)cc1. The summed E-state index contributed by atoms with van der Waals surface area (Å²) in [4.78, 5) is 14.8. The average Bonchev–Trinajstić information content (AvgIpc) is 2.97. The molecule has 1 aliphatic heterocycles. The number of carbonyl (C=O) groups excluding carboxylic acids is 1. The van der Waals surface area contributed by atoms with Crippen LogP contribution in [0.3, 0.4) is 0 Å². The first-order chi connectivity index (χ1) is 13.2. The number of aryl methyl sites for hydroxylation is 1. The first-order valence-corrected chi connectivity index (χ1v) is 9.15. The third-order valence-electron chi connectivity index (χ3n) is 4.86. The van der Waals surface area contributed by atoms with Crippen LogP contribution >= 0.6 is 0 Å². The van der Waals surface area contributed by atoms with E-state index in [9.17, 15) is 9.90 Å². The van der Waals surface area contributed by atoms with Gasteiger partial charge in [-0.2, -0.15) is 0 Å². The summed E-state index contributed by atoms with van der Waals surface area (Å²) >= 11 is 0. The van der Waals surface area contributed by atoms with Gasteiger partial charge in [-0.05, 0) is 42.2 Å². The second-order valence-electron chi connectivity index (χ2n) is 6.72. The Balaban J connectivity index is 1.61. The van der Waals surface area contributed by atoms with Crippen molar-refractivity contribution >= 4 is 11.6 Å². The number of phenolic OH excluding ortho intramolecular Hbond substituents is 1. The highest BCUT2D eigenvalue weighted by atomic mass is 16.3. The molecule has 3 aromatic rings. The lowest BCUT2D eigenvalue weighted by atomic mass is 10.1. The molecule has 0 saturated carbocycles. The number of phenols is 1. The average molecular weight is 355 g/mol. The Hall–Kier alpha value is -3.33. The van der Waals surface area contributed by atoms with Gasteiger partial charge in [0.25, 0.3) is 5.91 Å². The predicted molar refractivity (Wildman–Crippen MR) is 107 cm³/mol. The lowest BCUT2D eigenvalue weighted by molar-refractivity contribution is 0.0843. The van der Waals surface area contributed by atoms with E-state index in [1.807, 2.05) is 59.5 Å². The number of nitrogens with zero attached hydrogens (tertiary/aromatic N) is 1. The zero-order chi connectivity index (χ0) is 18.6.